The summed E-state index contributed by atoms with van der Waals surface area (Å²) < 4.78 is 31.9. The summed E-state index contributed by atoms with van der Waals surface area (Å²) >= 11 is 0. The molecule has 2 N–H and O–H groups in total. The number of urea groups is 1. The summed E-state index contributed by atoms with van der Waals surface area (Å²) in [4.78, 5) is 15.4. The number of para-hydroxylation sites is 1. The highest BCUT2D eigenvalue weighted by Crippen LogP contribution is 2.17. The summed E-state index contributed by atoms with van der Waals surface area (Å²) in [5.41, 5.74) is -0.502. The largest absolute Gasteiger partial charge is 0.479 e. The van der Waals surface area contributed by atoms with Crippen LogP contribution < -0.4 is 15.4 Å². The Hall–Kier alpha value is -3.14. The molecule has 1 heterocycles. The molecule has 23 heavy (non-hydrogen) atoms. The fourth-order valence-electron chi connectivity index (χ4n) is 1.56. The van der Waals surface area contributed by atoms with E-state index in [0.717, 1.165) is 12.1 Å². The number of rotatable bonds is 4. The molecule has 118 valence electrons. The number of pyridine rings is 1. The van der Waals surface area contributed by atoms with Gasteiger partial charge in [-0.15, -0.1) is 0 Å². The van der Waals surface area contributed by atoms with Crippen LogP contribution in [0.3, 0.4) is 0 Å². The monoisotopic (exact) mass is 317 g/mol. The normalized spacial score (nSPS) is 9.48. The van der Waals surface area contributed by atoms with E-state index in [1.807, 2.05) is 0 Å². The van der Waals surface area contributed by atoms with Gasteiger partial charge < -0.3 is 15.4 Å². The smallest absolute Gasteiger partial charge is 0.320 e. The van der Waals surface area contributed by atoms with Crippen molar-refractivity contribution in [1.82, 2.24) is 10.3 Å². The second kappa shape index (κ2) is 8.34. The van der Waals surface area contributed by atoms with Gasteiger partial charge >= 0.3 is 6.03 Å². The number of hydrogen-bond acceptors (Lipinski definition) is 3. The van der Waals surface area contributed by atoms with Crippen molar-refractivity contribution < 1.29 is 18.3 Å². The van der Waals surface area contributed by atoms with Gasteiger partial charge in [-0.25, -0.2) is 13.6 Å². The first-order valence-corrected chi connectivity index (χ1v) is 6.64. The number of anilines is 1. The minimum absolute atomic E-state index is 0.0122. The SMILES string of the molecule is O=C(NCC#CCOc1cccnc1)Nc1c(F)cccc1F. The van der Waals surface area contributed by atoms with Gasteiger partial charge in [0.1, 0.15) is 29.7 Å². The van der Waals surface area contributed by atoms with Gasteiger partial charge in [0, 0.05) is 6.20 Å². The molecule has 5 nitrogen and oxygen atoms in total. The number of nitrogens with zero attached hydrogens (tertiary/aromatic N) is 1. The molecule has 0 aliphatic rings. The number of amides is 2. The maximum atomic E-state index is 13.3. The molecule has 2 rings (SSSR count). The van der Waals surface area contributed by atoms with Crippen LogP contribution in [0.1, 0.15) is 0 Å². The molecule has 0 radical (unpaired) electrons. The molecule has 1 aromatic heterocycles. The lowest BCUT2D eigenvalue weighted by Crippen LogP contribution is -2.29. The highest BCUT2D eigenvalue weighted by Gasteiger charge is 2.10. The molecule has 0 spiro atoms. The van der Waals surface area contributed by atoms with Crippen molar-refractivity contribution in [1.29, 1.82) is 0 Å². The van der Waals surface area contributed by atoms with Crippen LogP contribution in [-0.4, -0.2) is 24.2 Å². The average Bonchev–Trinajstić information content (AvgIpc) is 2.55. The Kier molecular flexibility index (Phi) is 5.89. The highest BCUT2D eigenvalue weighted by molar-refractivity contribution is 5.89. The lowest BCUT2D eigenvalue weighted by atomic mass is 10.3. The standard InChI is InChI=1S/C16H13F2N3O2/c17-13-6-3-7-14(18)15(13)21-16(22)20-9-1-2-10-23-12-5-4-8-19-11-12/h3-8,11H,9-10H2,(H2,20,21,22). The van der Waals surface area contributed by atoms with Gasteiger partial charge in [0.15, 0.2) is 0 Å². The highest BCUT2D eigenvalue weighted by atomic mass is 19.1. The van der Waals surface area contributed by atoms with Gasteiger partial charge in [-0.3, -0.25) is 4.98 Å². The summed E-state index contributed by atoms with van der Waals surface area (Å²) in [7, 11) is 0. The van der Waals surface area contributed by atoms with E-state index in [0.29, 0.717) is 5.75 Å². The summed E-state index contributed by atoms with van der Waals surface area (Å²) in [5.74, 6) is 4.22. The van der Waals surface area contributed by atoms with E-state index in [4.69, 9.17) is 4.74 Å². The third kappa shape index (κ3) is 5.28. The van der Waals surface area contributed by atoms with E-state index in [1.54, 1.807) is 24.5 Å². The van der Waals surface area contributed by atoms with Crippen molar-refractivity contribution in [3.8, 4) is 17.6 Å². The maximum absolute atomic E-state index is 13.3. The zero-order valence-corrected chi connectivity index (χ0v) is 12.0. The number of benzene rings is 1. The lowest BCUT2D eigenvalue weighted by molar-refractivity contribution is 0.253. The number of ether oxygens (including phenoxy) is 1. The Labute approximate surface area is 131 Å². The predicted molar refractivity (Wildman–Crippen MR) is 80.9 cm³/mol. The van der Waals surface area contributed by atoms with Gasteiger partial charge in [-0.1, -0.05) is 17.9 Å². The van der Waals surface area contributed by atoms with Crippen LogP contribution in [0.15, 0.2) is 42.7 Å². The maximum Gasteiger partial charge on any atom is 0.320 e. The van der Waals surface area contributed by atoms with E-state index >= 15 is 0 Å². The number of halogens is 2. The van der Waals surface area contributed by atoms with Crippen LogP contribution >= 0.6 is 0 Å². The van der Waals surface area contributed by atoms with Crippen molar-refractivity contribution in [3.63, 3.8) is 0 Å². The zero-order chi connectivity index (χ0) is 16.5. The van der Waals surface area contributed by atoms with E-state index in [9.17, 15) is 13.6 Å². The zero-order valence-electron chi connectivity index (χ0n) is 12.0. The van der Waals surface area contributed by atoms with E-state index in [-0.39, 0.29) is 13.2 Å². The van der Waals surface area contributed by atoms with Crippen LogP contribution in [0.25, 0.3) is 0 Å². The van der Waals surface area contributed by atoms with Crippen molar-refractivity contribution in [2.24, 2.45) is 0 Å². The number of carbonyl (C=O) groups is 1. The Bertz CT molecular complexity index is 707. The van der Waals surface area contributed by atoms with Crippen molar-refractivity contribution in [3.05, 3.63) is 54.4 Å². The number of hydrogen-bond donors (Lipinski definition) is 2. The third-order valence-corrected chi connectivity index (χ3v) is 2.61. The van der Waals surface area contributed by atoms with E-state index < -0.39 is 23.4 Å². The third-order valence-electron chi connectivity index (χ3n) is 2.61. The molecule has 0 saturated carbocycles. The summed E-state index contributed by atoms with van der Waals surface area (Å²) in [5, 5.41) is 4.45. The Balaban J connectivity index is 1.72. The van der Waals surface area contributed by atoms with Gasteiger partial charge in [0.25, 0.3) is 0 Å². The van der Waals surface area contributed by atoms with E-state index in [2.05, 4.69) is 27.5 Å². The lowest BCUT2D eigenvalue weighted by Gasteiger charge is -2.07. The van der Waals surface area contributed by atoms with Gasteiger partial charge in [-0.2, -0.15) is 0 Å². The molecule has 1 aromatic carbocycles. The molecule has 0 atom stereocenters. The molecule has 7 heteroatoms. The first kappa shape index (κ1) is 16.2. The fourth-order valence-corrected chi connectivity index (χ4v) is 1.56. The summed E-state index contributed by atoms with van der Waals surface area (Å²) in [6, 6.07) is 6.03. The first-order chi connectivity index (χ1) is 11.2. The summed E-state index contributed by atoms with van der Waals surface area (Å²) in [6.07, 6.45) is 3.18. The van der Waals surface area contributed by atoms with Crippen molar-refractivity contribution in [2.75, 3.05) is 18.5 Å². The molecule has 0 aliphatic heterocycles. The molecule has 0 unspecified atom stereocenters. The fraction of sp³-hybridized carbons (Fsp3) is 0.125. The van der Waals surface area contributed by atoms with Crippen LogP contribution in [0.5, 0.6) is 5.75 Å². The molecule has 2 aromatic rings. The molecular formula is C16H13F2N3O2. The molecule has 0 bridgehead atoms. The number of carbonyl (C=O) groups excluding carboxylic acids is 1. The quantitative estimate of drug-likeness (QED) is 0.852. The van der Waals surface area contributed by atoms with Crippen LogP contribution in [0, 0.1) is 23.5 Å². The van der Waals surface area contributed by atoms with Gasteiger partial charge in [-0.05, 0) is 24.3 Å². The van der Waals surface area contributed by atoms with Gasteiger partial charge in [0.2, 0.25) is 0 Å². The molecular weight excluding hydrogens is 304 g/mol. The molecule has 0 saturated heterocycles. The number of aromatic nitrogens is 1. The second-order valence-corrected chi connectivity index (χ2v) is 4.24. The predicted octanol–water partition coefficient (Wildman–Crippen LogP) is 2.56. The average molecular weight is 317 g/mol. The minimum Gasteiger partial charge on any atom is -0.479 e. The Morgan fingerprint density at radius 1 is 1.17 bits per heavy atom. The molecule has 0 aliphatic carbocycles. The van der Waals surface area contributed by atoms with Crippen molar-refractivity contribution in [2.45, 2.75) is 0 Å². The summed E-state index contributed by atoms with van der Waals surface area (Å²) in [6.45, 7) is 0.148. The Morgan fingerprint density at radius 2 is 1.96 bits per heavy atom. The van der Waals surface area contributed by atoms with Gasteiger partial charge in [0.05, 0.1) is 12.7 Å². The van der Waals surface area contributed by atoms with Crippen molar-refractivity contribution >= 4 is 11.7 Å². The topological polar surface area (TPSA) is 63.2 Å². The molecule has 2 amide bonds. The first-order valence-electron chi connectivity index (χ1n) is 6.64. The molecule has 0 fully saturated rings. The number of nitrogens with one attached hydrogen (secondary N) is 2. The second-order valence-electron chi connectivity index (χ2n) is 4.24. The van der Waals surface area contributed by atoms with E-state index in [1.165, 1.54) is 6.07 Å². The van der Waals surface area contributed by atoms with Crippen LogP contribution in [0.2, 0.25) is 0 Å². The minimum atomic E-state index is -0.851. The van der Waals surface area contributed by atoms with Crippen LogP contribution in [0.4, 0.5) is 19.3 Å². The Morgan fingerprint density at radius 3 is 2.65 bits per heavy atom. The van der Waals surface area contributed by atoms with Crippen LogP contribution in [-0.2, 0) is 0 Å².